The zero-order valence-corrected chi connectivity index (χ0v) is 9.71. The van der Waals surface area contributed by atoms with Gasteiger partial charge in [0.15, 0.2) is 5.82 Å². The minimum absolute atomic E-state index is 0.0943. The Balaban J connectivity index is 2.27. The van der Waals surface area contributed by atoms with Crippen molar-refractivity contribution < 1.29 is 4.79 Å². The molecule has 3 N–H and O–H groups in total. The molecule has 0 aliphatic heterocycles. The van der Waals surface area contributed by atoms with Crippen LogP contribution in [0.15, 0.2) is 12.4 Å². The number of hydrogen-bond donors (Lipinski definition) is 2. The standard InChI is InChI=1S/C10H14N6O/c1-6(5-8(11)17)13-9-10-15-14-7(2)16(10)4-3-12-9/h3-4,6H,5H2,1-2H3,(H2,11,17)(H,12,13). The third-order valence-corrected chi connectivity index (χ3v) is 2.39. The highest BCUT2D eigenvalue weighted by molar-refractivity contribution is 5.75. The summed E-state index contributed by atoms with van der Waals surface area (Å²) in [6, 6.07) is -0.0943. The van der Waals surface area contributed by atoms with E-state index in [0.717, 1.165) is 5.82 Å². The second kappa shape index (κ2) is 4.36. The van der Waals surface area contributed by atoms with Crippen molar-refractivity contribution in [1.29, 1.82) is 0 Å². The van der Waals surface area contributed by atoms with Gasteiger partial charge in [0.1, 0.15) is 5.82 Å². The quantitative estimate of drug-likeness (QED) is 0.782. The molecule has 2 aromatic rings. The Kier molecular flexibility index (Phi) is 2.90. The van der Waals surface area contributed by atoms with Gasteiger partial charge < -0.3 is 11.1 Å². The predicted molar refractivity (Wildman–Crippen MR) is 62.4 cm³/mol. The minimum atomic E-state index is -0.352. The molecule has 7 nitrogen and oxygen atoms in total. The van der Waals surface area contributed by atoms with E-state index in [1.54, 1.807) is 12.4 Å². The number of amides is 1. The van der Waals surface area contributed by atoms with E-state index >= 15 is 0 Å². The van der Waals surface area contributed by atoms with Crippen molar-refractivity contribution in [3.05, 3.63) is 18.2 Å². The van der Waals surface area contributed by atoms with Crippen molar-refractivity contribution >= 4 is 17.4 Å². The van der Waals surface area contributed by atoms with E-state index in [0.29, 0.717) is 11.5 Å². The number of aryl methyl sites for hydroxylation is 1. The lowest BCUT2D eigenvalue weighted by molar-refractivity contribution is -0.118. The van der Waals surface area contributed by atoms with Crippen LogP contribution in [0.4, 0.5) is 5.82 Å². The van der Waals surface area contributed by atoms with Crippen LogP contribution in [0.1, 0.15) is 19.2 Å². The van der Waals surface area contributed by atoms with E-state index in [9.17, 15) is 4.79 Å². The average molecular weight is 234 g/mol. The first-order valence-corrected chi connectivity index (χ1v) is 5.29. The first-order valence-electron chi connectivity index (χ1n) is 5.29. The molecule has 2 rings (SSSR count). The van der Waals surface area contributed by atoms with Crippen LogP contribution in [0.2, 0.25) is 0 Å². The fourth-order valence-corrected chi connectivity index (χ4v) is 1.63. The largest absolute Gasteiger partial charge is 0.370 e. The lowest BCUT2D eigenvalue weighted by Gasteiger charge is -2.12. The first kappa shape index (κ1) is 11.3. The summed E-state index contributed by atoms with van der Waals surface area (Å²) in [5.41, 5.74) is 5.77. The second-order valence-electron chi connectivity index (χ2n) is 3.93. The maximum absolute atomic E-state index is 10.8. The van der Waals surface area contributed by atoms with Gasteiger partial charge in [-0.3, -0.25) is 9.20 Å². The smallest absolute Gasteiger partial charge is 0.219 e. The van der Waals surface area contributed by atoms with E-state index in [1.807, 2.05) is 18.2 Å². The maximum Gasteiger partial charge on any atom is 0.219 e. The molecule has 0 bridgehead atoms. The second-order valence-corrected chi connectivity index (χ2v) is 3.93. The minimum Gasteiger partial charge on any atom is -0.370 e. The molecule has 0 aromatic carbocycles. The monoisotopic (exact) mass is 234 g/mol. The number of aromatic nitrogens is 4. The molecule has 90 valence electrons. The van der Waals surface area contributed by atoms with Gasteiger partial charge in [0.25, 0.3) is 0 Å². The molecule has 1 unspecified atom stereocenters. The number of hydrogen-bond acceptors (Lipinski definition) is 5. The van der Waals surface area contributed by atoms with Crippen LogP contribution in [0.5, 0.6) is 0 Å². The van der Waals surface area contributed by atoms with Crippen molar-refractivity contribution in [2.24, 2.45) is 5.73 Å². The van der Waals surface area contributed by atoms with Gasteiger partial charge in [-0.05, 0) is 13.8 Å². The molecule has 17 heavy (non-hydrogen) atoms. The van der Waals surface area contributed by atoms with Crippen molar-refractivity contribution in [2.75, 3.05) is 5.32 Å². The third kappa shape index (κ3) is 2.32. The molecule has 0 aliphatic carbocycles. The predicted octanol–water partition coefficient (Wildman–Crippen LogP) is 0.109. The summed E-state index contributed by atoms with van der Waals surface area (Å²) in [7, 11) is 0. The number of carbonyl (C=O) groups excluding carboxylic acids is 1. The molecule has 0 aliphatic rings. The Labute approximate surface area is 98.1 Å². The first-order chi connectivity index (χ1) is 8.08. The molecule has 0 radical (unpaired) electrons. The Hall–Kier alpha value is -2.18. The van der Waals surface area contributed by atoms with Crippen LogP contribution >= 0.6 is 0 Å². The van der Waals surface area contributed by atoms with Crippen LogP contribution in [-0.2, 0) is 4.79 Å². The highest BCUT2D eigenvalue weighted by Crippen LogP contribution is 2.13. The van der Waals surface area contributed by atoms with Crippen molar-refractivity contribution in [1.82, 2.24) is 19.6 Å². The topological polar surface area (TPSA) is 98.2 Å². The number of primary amides is 1. The molecule has 0 saturated heterocycles. The van der Waals surface area contributed by atoms with E-state index in [4.69, 9.17) is 5.73 Å². The summed E-state index contributed by atoms with van der Waals surface area (Å²) in [4.78, 5) is 15.0. The molecule has 7 heteroatoms. The van der Waals surface area contributed by atoms with Crippen LogP contribution in [0.25, 0.3) is 5.65 Å². The van der Waals surface area contributed by atoms with Gasteiger partial charge >= 0.3 is 0 Å². The van der Waals surface area contributed by atoms with E-state index < -0.39 is 0 Å². The summed E-state index contributed by atoms with van der Waals surface area (Å²) in [6.07, 6.45) is 3.69. The summed E-state index contributed by atoms with van der Waals surface area (Å²) in [5.74, 6) is 1.03. The van der Waals surface area contributed by atoms with Crippen molar-refractivity contribution in [2.45, 2.75) is 26.3 Å². The highest BCUT2D eigenvalue weighted by atomic mass is 16.1. The molecule has 2 heterocycles. The van der Waals surface area contributed by atoms with Gasteiger partial charge in [0, 0.05) is 24.9 Å². The van der Waals surface area contributed by atoms with E-state index in [-0.39, 0.29) is 18.4 Å². The number of fused-ring (bicyclic) bond motifs is 1. The van der Waals surface area contributed by atoms with Crippen molar-refractivity contribution in [3.8, 4) is 0 Å². The average Bonchev–Trinajstić information content (AvgIpc) is 2.61. The normalized spacial score (nSPS) is 12.6. The van der Waals surface area contributed by atoms with Gasteiger partial charge in [-0.25, -0.2) is 4.98 Å². The number of anilines is 1. The fraction of sp³-hybridized carbons (Fsp3) is 0.400. The summed E-state index contributed by atoms with van der Waals surface area (Å²) < 4.78 is 1.83. The van der Waals surface area contributed by atoms with Gasteiger partial charge in [-0.1, -0.05) is 0 Å². The molecular formula is C10H14N6O. The summed E-state index contributed by atoms with van der Waals surface area (Å²) in [6.45, 7) is 3.72. The SMILES string of the molecule is Cc1nnc2c(NC(C)CC(N)=O)nccn12. The highest BCUT2D eigenvalue weighted by Gasteiger charge is 2.11. The summed E-state index contributed by atoms with van der Waals surface area (Å²) in [5, 5.41) is 11.1. The van der Waals surface area contributed by atoms with Crippen molar-refractivity contribution in [3.63, 3.8) is 0 Å². The Morgan fingerprint density at radius 2 is 2.35 bits per heavy atom. The van der Waals surface area contributed by atoms with E-state index in [1.165, 1.54) is 0 Å². The third-order valence-electron chi connectivity index (χ3n) is 2.39. The van der Waals surface area contributed by atoms with Crippen LogP contribution < -0.4 is 11.1 Å². The molecule has 1 amide bonds. The molecule has 0 spiro atoms. The summed E-state index contributed by atoms with van der Waals surface area (Å²) >= 11 is 0. The molecule has 2 aromatic heterocycles. The Morgan fingerprint density at radius 3 is 3.06 bits per heavy atom. The Morgan fingerprint density at radius 1 is 1.59 bits per heavy atom. The van der Waals surface area contributed by atoms with Crippen LogP contribution in [0.3, 0.4) is 0 Å². The maximum atomic E-state index is 10.8. The van der Waals surface area contributed by atoms with Crippen LogP contribution in [0, 0.1) is 6.92 Å². The van der Waals surface area contributed by atoms with Gasteiger partial charge in [-0.15, -0.1) is 10.2 Å². The zero-order valence-electron chi connectivity index (χ0n) is 9.71. The number of rotatable bonds is 4. The number of carbonyl (C=O) groups is 1. The Bertz CT molecular complexity index is 549. The molecule has 0 fully saturated rings. The van der Waals surface area contributed by atoms with Gasteiger partial charge in [0.05, 0.1) is 0 Å². The number of nitrogens with zero attached hydrogens (tertiary/aromatic N) is 4. The van der Waals surface area contributed by atoms with Gasteiger partial charge in [0.2, 0.25) is 11.6 Å². The zero-order chi connectivity index (χ0) is 12.4. The van der Waals surface area contributed by atoms with Gasteiger partial charge in [-0.2, -0.15) is 0 Å². The lowest BCUT2D eigenvalue weighted by atomic mass is 10.2. The number of nitrogens with one attached hydrogen (secondary N) is 1. The molecular weight excluding hydrogens is 220 g/mol. The van der Waals surface area contributed by atoms with Crippen LogP contribution in [-0.4, -0.2) is 31.5 Å². The number of nitrogens with two attached hydrogens (primary N) is 1. The fourth-order valence-electron chi connectivity index (χ4n) is 1.63. The lowest BCUT2D eigenvalue weighted by Crippen LogP contribution is -2.24. The molecule has 0 saturated carbocycles. The molecule has 1 atom stereocenters. The van der Waals surface area contributed by atoms with E-state index in [2.05, 4.69) is 20.5 Å².